The van der Waals surface area contributed by atoms with Crippen LogP contribution in [0.2, 0.25) is 0 Å². The predicted molar refractivity (Wildman–Crippen MR) is 66.4 cm³/mol. The molecule has 2 rings (SSSR count). The van der Waals surface area contributed by atoms with E-state index in [1.165, 1.54) is 0 Å². The van der Waals surface area contributed by atoms with E-state index >= 15 is 0 Å². The Labute approximate surface area is 103 Å². The molecule has 0 aliphatic carbocycles. The Hall–Kier alpha value is -1.16. The highest BCUT2D eigenvalue weighted by Gasteiger charge is 2.15. The Bertz CT molecular complexity index is 481. The highest BCUT2D eigenvalue weighted by atomic mass is 79.9. The quantitative estimate of drug-likeness (QED) is 0.801. The van der Waals surface area contributed by atoms with E-state index in [-0.39, 0.29) is 4.83 Å². The summed E-state index contributed by atoms with van der Waals surface area (Å²) in [5.41, 5.74) is 2.14. The average Bonchev–Trinajstić information content (AvgIpc) is 2.78. The van der Waals surface area contributed by atoms with E-state index in [1.54, 1.807) is 0 Å². The molecule has 2 aromatic rings. The van der Waals surface area contributed by atoms with Gasteiger partial charge in [0.05, 0.1) is 4.83 Å². The van der Waals surface area contributed by atoms with Crippen LogP contribution in [0.3, 0.4) is 0 Å². The molecule has 0 amide bonds. The van der Waals surface area contributed by atoms with Crippen molar-refractivity contribution < 1.29 is 4.42 Å². The van der Waals surface area contributed by atoms with Crippen LogP contribution in [0.5, 0.6) is 0 Å². The lowest BCUT2D eigenvalue weighted by atomic mass is 10.1. The SMILES string of the molecule is CCC(Br)c1nnc(-c2ccccc2C)o1. The van der Waals surface area contributed by atoms with E-state index in [1.807, 2.05) is 31.2 Å². The van der Waals surface area contributed by atoms with Crippen LogP contribution in [0.25, 0.3) is 11.5 Å². The summed E-state index contributed by atoms with van der Waals surface area (Å²) in [4.78, 5) is 0.137. The summed E-state index contributed by atoms with van der Waals surface area (Å²) < 4.78 is 5.63. The Kier molecular flexibility index (Phi) is 3.39. The zero-order valence-electron chi connectivity index (χ0n) is 9.27. The molecule has 0 N–H and O–H groups in total. The maximum atomic E-state index is 5.63. The summed E-state index contributed by atoms with van der Waals surface area (Å²) in [6.07, 6.45) is 0.926. The Morgan fingerprint density at radius 1 is 1.31 bits per heavy atom. The van der Waals surface area contributed by atoms with E-state index in [0.717, 1.165) is 17.5 Å². The molecule has 0 fully saturated rings. The first-order chi connectivity index (χ1) is 7.72. The molecule has 16 heavy (non-hydrogen) atoms. The minimum atomic E-state index is 0.137. The van der Waals surface area contributed by atoms with Crippen LogP contribution in [0.4, 0.5) is 0 Å². The number of halogens is 1. The third-order valence-corrected chi connectivity index (χ3v) is 3.48. The van der Waals surface area contributed by atoms with Gasteiger partial charge in [-0.1, -0.05) is 41.1 Å². The second-order valence-corrected chi connectivity index (χ2v) is 4.74. The van der Waals surface area contributed by atoms with Crippen molar-refractivity contribution in [2.75, 3.05) is 0 Å². The minimum absolute atomic E-state index is 0.137. The van der Waals surface area contributed by atoms with Gasteiger partial charge in [0.2, 0.25) is 11.8 Å². The molecule has 3 nitrogen and oxygen atoms in total. The van der Waals surface area contributed by atoms with Crippen molar-refractivity contribution in [2.24, 2.45) is 0 Å². The normalized spacial score (nSPS) is 12.7. The van der Waals surface area contributed by atoms with Gasteiger partial charge in [-0.2, -0.15) is 0 Å². The summed E-state index contributed by atoms with van der Waals surface area (Å²) >= 11 is 3.49. The molecule has 1 unspecified atom stereocenters. The molecule has 84 valence electrons. The van der Waals surface area contributed by atoms with Crippen molar-refractivity contribution in [2.45, 2.75) is 25.1 Å². The van der Waals surface area contributed by atoms with E-state index in [2.05, 4.69) is 33.1 Å². The summed E-state index contributed by atoms with van der Waals surface area (Å²) in [7, 11) is 0. The van der Waals surface area contributed by atoms with Gasteiger partial charge in [0.15, 0.2) is 0 Å². The van der Waals surface area contributed by atoms with Gasteiger partial charge in [0.25, 0.3) is 0 Å². The third kappa shape index (κ3) is 2.16. The highest BCUT2D eigenvalue weighted by Crippen LogP contribution is 2.28. The highest BCUT2D eigenvalue weighted by molar-refractivity contribution is 9.09. The Balaban J connectivity index is 2.35. The lowest BCUT2D eigenvalue weighted by Crippen LogP contribution is -1.86. The molecular weight excluding hydrogens is 268 g/mol. The molecule has 0 radical (unpaired) electrons. The fourth-order valence-corrected chi connectivity index (χ4v) is 1.64. The molecule has 0 aliphatic heterocycles. The largest absolute Gasteiger partial charge is 0.419 e. The first-order valence-electron chi connectivity index (χ1n) is 5.26. The van der Waals surface area contributed by atoms with Crippen molar-refractivity contribution in [3.8, 4) is 11.5 Å². The van der Waals surface area contributed by atoms with Crippen LogP contribution in [-0.2, 0) is 0 Å². The van der Waals surface area contributed by atoms with Crippen molar-refractivity contribution in [1.82, 2.24) is 10.2 Å². The van der Waals surface area contributed by atoms with Gasteiger partial charge < -0.3 is 4.42 Å². The van der Waals surface area contributed by atoms with Crippen molar-refractivity contribution in [3.05, 3.63) is 35.7 Å². The van der Waals surface area contributed by atoms with Crippen LogP contribution in [0, 0.1) is 6.92 Å². The average molecular weight is 281 g/mol. The van der Waals surface area contributed by atoms with Crippen molar-refractivity contribution >= 4 is 15.9 Å². The van der Waals surface area contributed by atoms with Crippen molar-refractivity contribution in [3.63, 3.8) is 0 Å². The molecule has 4 heteroatoms. The van der Waals surface area contributed by atoms with E-state index < -0.39 is 0 Å². The number of alkyl halides is 1. The summed E-state index contributed by atoms with van der Waals surface area (Å²) in [5, 5.41) is 8.11. The van der Waals surface area contributed by atoms with Crippen molar-refractivity contribution in [1.29, 1.82) is 0 Å². The lowest BCUT2D eigenvalue weighted by molar-refractivity contribution is 0.500. The molecular formula is C12H13BrN2O. The van der Waals surface area contributed by atoms with Crippen LogP contribution in [0.1, 0.15) is 29.6 Å². The molecule has 0 saturated carbocycles. The van der Waals surface area contributed by atoms with Crippen LogP contribution >= 0.6 is 15.9 Å². The van der Waals surface area contributed by atoms with Gasteiger partial charge in [-0.25, -0.2) is 0 Å². The maximum Gasteiger partial charge on any atom is 0.248 e. The minimum Gasteiger partial charge on any atom is -0.419 e. The van der Waals surface area contributed by atoms with Gasteiger partial charge in [0, 0.05) is 5.56 Å². The maximum absolute atomic E-state index is 5.63. The molecule has 1 aromatic heterocycles. The lowest BCUT2D eigenvalue weighted by Gasteiger charge is -2.00. The topological polar surface area (TPSA) is 38.9 Å². The molecule has 0 aliphatic rings. The zero-order valence-corrected chi connectivity index (χ0v) is 10.9. The molecule has 1 aromatic carbocycles. The fourth-order valence-electron chi connectivity index (χ4n) is 1.46. The number of nitrogens with zero attached hydrogens (tertiary/aromatic N) is 2. The van der Waals surface area contributed by atoms with E-state index in [9.17, 15) is 0 Å². The molecule has 1 atom stereocenters. The summed E-state index contributed by atoms with van der Waals surface area (Å²) in [6.45, 7) is 4.10. The summed E-state index contributed by atoms with van der Waals surface area (Å²) in [5.74, 6) is 1.23. The van der Waals surface area contributed by atoms with Gasteiger partial charge in [0.1, 0.15) is 0 Å². The van der Waals surface area contributed by atoms with Gasteiger partial charge in [-0.05, 0) is 25.0 Å². The van der Waals surface area contributed by atoms with Crippen LogP contribution in [-0.4, -0.2) is 10.2 Å². The Morgan fingerprint density at radius 3 is 2.75 bits per heavy atom. The van der Waals surface area contributed by atoms with Gasteiger partial charge in [-0.15, -0.1) is 10.2 Å². The predicted octanol–water partition coefficient (Wildman–Crippen LogP) is 3.89. The second-order valence-electron chi connectivity index (χ2n) is 3.64. The monoisotopic (exact) mass is 280 g/mol. The van der Waals surface area contributed by atoms with Crippen LogP contribution in [0.15, 0.2) is 28.7 Å². The first kappa shape index (κ1) is 11.3. The van der Waals surface area contributed by atoms with Crippen LogP contribution < -0.4 is 0 Å². The first-order valence-corrected chi connectivity index (χ1v) is 6.17. The van der Waals surface area contributed by atoms with Gasteiger partial charge >= 0.3 is 0 Å². The van der Waals surface area contributed by atoms with E-state index in [0.29, 0.717) is 11.8 Å². The number of benzene rings is 1. The van der Waals surface area contributed by atoms with E-state index in [4.69, 9.17) is 4.42 Å². The fraction of sp³-hybridized carbons (Fsp3) is 0.333. The smallest absolute Gasteiger partial charge is 0.248 e. The third-order valence-electron chi connectivity index (χ3n) is 2.44. The zero-order chi connectivity index (χ0) is 11.5. The number of rotatable bonds is 3. The molecule has 1 heterocycles. The number of aromatic nitrogens is 2. The molecule has 0 bridgehead atoms. The summed E-state index contributed by atoms with van der Waals surface area (Å²) in [6, 6.07) is 7.99. The Morgan fingerprint density at radius 2 is 2.06 bits per heavy atom. The number of hydrogen-bond donors (Lipinski definition) is 0. The molecule has 0 spiro atoms. The number of hydrogen-bond acceptors (Lipinski definition) is 3. The van der Waals surface area contributed by atoms with Gasteiger partial charge in [-0.3, -0.25) is 0 Å². The molecule has 0 saturated heterocycles. The standard InChI is InChI=1S/C12H13BrN2O/c1-3-10(13)12-15-14-11(16-12)9-7-5-4-6-8(9)2/h4-7,10H,3H2,1-2H3. The number of aryl methyl sites for hydroxylation is 1. The second kappa shape index (κ2) is 4.78.